The minimum atomic E-state index is 0.989. The highest BCUT2D eigenvalue weighted by Gasteiger charge is 2.22. The van der Waals surface area contributed by atoms with E-state index in [2.05, 4.69) is 70.6 Å². The van der Waals surface area contributed by atoms with Crippen LogP contribution in [0, 0.1) is 0 Å². The molecular weight excluding hydrogens is 304 g/mol. The molecule has 0 radical (unpaired) electrons. The molecule has 0 unspecified atom stereocenters. The summed E-state index contributed by atoms with van der Waals surface area (Å²) in [5.41, 5.74) is 10.5. The first-order valence-electron chi connectivity index (χ1n) is 8.46. The molecule has 0 saturated heterocycles. The summed E-state index contributed by atoms with van der Waals surface area (Å²) in [5, 5.41) is 0. The third-order valence-corrected chi connectivity index (χ3v) is 4.91. The number of hydrogen-bond donors (Lipinski definition) is 0. The Morgan fingerprint density at radius 1 is 0.560 bits per heavy atom. The van der Waals surface area contributed by atoms with Crippen LogP contribution in [0.5, 0.6) is 0 Å². The van der Waals surface area contributed by atoms with Gasteiger partial charge in [0.1, 0.15) is 0 Å². The highest BCUT2D eigenvalue weighted by atomic mass is 14.6. The van der Waals surface area contributed by atoms with Gasteiger partial charge in [-0.1, -0.05) is 36.4 Å². The van der Waals surface area contributed by atoms with E-state index in [1.807, 2.05) is 24.8 Å². The lowest BCUT2D eigenvalue weighted by molar-refractivity contribution is 1.26. The van der Waals surface area contributed by atoms with Gasteiger partial charge in [-0.15, -0.1) is 0 Å². The van der Waals surface area contributed by atoms with Crippen molar-refractivity contribution in [3.05, 3.63) is 96.6 Å². The van der Waals surface area contributed by atoms with Gasteiger partial charge in [-0.05, 0) is 75.2 Å². The smallest absolute Gasteiger partial charge is 0.0273 e. The van der Waals surface area contributed by atoms with Gasteiger partial charge < -0.3 is 0 Å². The average molecular weight is 320 g/mol. The summed E-state index contributed by atoms with van der Waals surface area (Å²) < 4.78 is 0. The fourth-order valence-electron chi connectivity index (χ4n) is 3.75. The van der Waals surface area contributed by atoms with E-state index in [1.54, 1.807) is 0 Å². The predicted octanol–water partition coefficient (Wildman–Crippen LogP) is 5.38. The fourth-order valence-corrected chi connectivity index (χ4v) is 3.75. The monoisotopic (exact) mass is 320 g/mol. The normalized spacial score (nSPS) is 11.8. The molecule has 2 aromatic heterocycles. The van der Waals surface area contributed by atoms with Crippen molar-refractivity contribution in [2.75, 3.05) is 0 Å². The van der Waals surface area contributed by atoms with E-state index in [0.717, 1.165) is 6.42 Å². The van der Waals surface area contributed by atoms with Gasteiger partial charge in [0.15, 0.2) is 0 Å². The zero-order chi connectivity index (χ0) is 16.6. The third-order valence-electron chi connectivity index (χ3n) is 4.91. The number of aromatic nitrogens is 2. The maximum atomic E-state index is 4.15. The van der Waals surface area contributed by atoms with E-state index in [4.69, 9.17) is 0 Å². The van der Waals surface area contributed by atoms with Crippen LogP contribution in [0.2, 0.25) is 0 Å². The molecule has 2 aromatic carbocycles. The molecule has 118 valence electrons. The Hall–Kier alpha value is -3.26. The standard InChI is InChI=1S/C23H16N2/c1-2-19-15-20-14-18(16-6-10-24-11-7-16)4-5-22(20)23(19)21(3-1)17-8-12-25-13-9-17/h1-14H,15H2. The van der Waals surface area contributed by atoms with Gasteiger partial charge >= 0.3 is 0 Å². The first kappa shape index (κ1) is 14.1. The van der Waals surface area contributed by atoms with Crippen LogP contribution in [0.3, 0.4) is 0 Å². The van der Waals surface area contributed by atoms with Crippen LogP contribution in [0.4, 0.5) is 0 Å². The Bertz CT molecular complexity index is 1050. The Morgan fingerprint density at radius 3 is 2.04 bits per heavy atom. The Balaban J connectivity index is 1.66. The molecule has 2 heteroatoms. The summed E-state index contributed by atoms with van der Waals surface area (Å²) in [6.07, 6.45) is 8.40. The second-order valence-corrected chi connectivity index (χ2v) is 6.36. The molecule has 0 saturated carbocycles. The lowest BCUT2D eigenvalue weighted by Crippen LogP contribution is -1.86. The van der Waals surface area contributed by atoms with Gasteiger partial charge in [0, 0.05) is 24.8 Å². The van der Waals surface area contributed by atoms with Crippen molar-refractivity contribution in [2.24, 2.45) is 0 Å². The minimum Gasteiger partial charge on any atom is -0.265 e. The Kier molecular flexibility index (Phi) is 3.20. The van der Waals surface area contributed by atoms with Crippen molar-refractivity contribution in [2.45, 2.75) is 6.42 Å². The highest BCUT2D eigenvalue weighted by molar-refractivity contribution is 5.91. The quantitative estimate of drug-likeness (QED) is 0.436. The van der Waals surface area contributed by atoms with E-state index >= 15 is 0 Å². The van der Waals surface area contributed by atoms with E-state index in [1.165, 1.54) is 44.5 Å². The van der Waals surface area contributed by atoms with Crippen LogP contribution in [0.1, 0.15) is 11.1 Å². The largest absolute Gasteiger partial charge is 0.265 e. The number of nitrogens with zero attached hydrogens (tertiary/aromatic N) is 2. The molecule has 25 heavy (non-hydrogen) atoms. The predicted molar refractivity (Wildman–Crippen MR) is 101 cm³/mol. The van der Waals surface area contributed by atoms with Gasteiger partial charge in [-0.25, -0.2) is 0 Å². The van der Waals surface area contributed by atoms with E-state index < -0.39 is 0 Å². The summed E-state index contributed by atoms with van der Waals surface area (Å²) in [4.78, 5) is 8.26. The molecule has 1 aliphatic carbocycles. The van der Waals surface area contributed by atoms with Crippen molar-refractivity contribution in [1.82, 2.24) is 9.97 Å². The van der Waals surface area contributed by atoms with Crippen LogP contribution >= 0.6 is 0 Å². The minimum absolute atomic E-state index is 0.989. The van der Waals surface area contributed by atoms with Crippen LogP contribution in [0.25, 0.3) is 33.4 Å². The zero-order valence-corrected chi connectivity index (χ0v) is 13.7. The number of rotatable bonds is 2. The molecule has 0 atom stereocenters. The summed E-state index contributed by atoms with van der Waals surface area (Å²) in [6, 6.07) is 21.7. The van der Waals surface area contributed by atoms with Gasteiger partial charge in [0.2, 0.25) is 0 Å². The van der Waals surface area contributed by atoms with Gasteiger partial charge in [-0.3, -0.25) is 9.97 Å². The van der Waals surface area contributed by atoms with Crippen LogP contribution in [-0.4, -0.2) is 9.97 Å². The van der Waals surface area contributed by atoms with Gasteiger partial charge in [0.05, 0.1) is 0 Å². The molecule has 0 aliphatic heterocycles. The fraction of sp³-hybridized carbons (Fsp3) is 0.0435. The van der Waals surface area contributed by atoms with Crippen molar-refractivity contribution >= 4 is 0 Å². The first-order valence-corrected chi connectivity index (χ1v) is 8.46. The van der Waals surface area contributed by atoms with Crippen LogP contribution in [0.15, 0.2) is 85.5 Å². The van der Waals surface area contributed by atoms with Crippen molar-refractivity contribution in [1.29, 1.82) is 0 Å². The summed E-state index contributed by atoms with van der Waals surface area (Å²) in [7, 11) is 0. The highest BCUT2D eigenvalue weighted by Crippen LogP contribution is 2.43. The van der Waals surface area contributed by atoms with E-state index in [-0.39, 0.29) is 0 Å². The number of pyridine rings is 2. The molecule has 0 amide bonds. The number of benzene rings is 2. The molecular formula is C23H16N2. The molecule has 2 heterocycles. The van der Waals surface area contributed by atoms with Crippen molar-refractivity contribution < 1.29 is 0 Å². The first-order chi connectivity index (χ1) is 12.4. The van der Waals surface area contributed by atoms with E-state index in [0.29, 0.717) is 0 Å². The Labute approximate surface area is 146 Å². The molecule has 2 nitrogen and oxygen atoms in total. The van der Waals surface area contributed by atoms with Gasteiger partial charge in [0.25, 0.3) is 0 Å². The SMILES string of the molecule is c1cc2c(c(-c3ccncc3)c1)-c1ccc(-c3ccncc3)cc1C2. The van der Waals surface area contributed by atoms with Crippen LogP contribution in [-0.2, 0) is 6.42 Å². The lowest BCUT2D eigenvalue weighted by atomic mass is 9.94. The molecule has 4 aromatic rings. The average Bonchev–Trinajstić information content (AvgIpc) is 3.07. The van der Waals surface area contributed by atoms with Crippen molar-refractivity contribution in [3.63, 3.8) is 0 Å². The summed E-state index contributed by atoms with van der Waals surface area (Å²) in [6.45, 7) is 0. The summed E-state index contributed by atoms with van der Waals surface area (Å²) >= 11 is 0. The second-order valence-electron chi connectivity index (χ2n) is 6.36. The zero-order valence-electron chi connectivity index (χ0n) is 13.7. The molecule has 0 fully saturated rings. The third kappa shape index (κ3) is 2.34. The summed E-state index contributed by atoms with van der Waals surface area (Å²) in [5.74, 6) is 0. The Morgan fingerprint density at radius 2 is 1.28 bits per heavy atom. The molecule has 1 aliphatic rings. The lowest BCUT2D eigenvalue weighted by Gasteiger charge is -2.10. The molecule has 5 rings (SSSR count). The number of hydrogen-bond acceptors (Lipinski definition) is 2. The van der Waals surface area contributed by atoms with Crippen molar-refractivity contribution in [3.8, 4) is 33.4 Å². The molecule has 0 bridgehead atoms. The maximum absolute atomic E-state index is 4.15. The van der Waals surface area contributed by atoms with Gasteiger partial charge in [-0.2, -0.15) is 0 Å². The second kappa shape index (κ2) is 5.67. The van der Waals surface area contributed by atoms with Crippen LogP contribution < -0.4 is 0 Å². The molecule has 0 N–H and O–H groups in total. The molecule has 0 spiro atoms. The van der Waals surface area contributed by atoms with E-state index in [9.17, 15) is 0 Å². The maximum Gasteiger partial charge on any atom is 0.0273 e. The number of fused-ring (bicyclic) bond motifs is 3. The topological polar surface area (TPSA) is 25.8 Å².